The van der Waals surface area contributed by atoms with Gasteiger partial charge in [-0.3, -0.25) is 9.78 Å². The van der Waals surface area contributed by atoms with E-state index in [0.717, 1.165) is 10.9 Å². The molecule has 0 spiro atoms. The number of rotatable bonds is 12. The van der Waals surface area contributed by atoms with Crippen LogP contribution in [0.1, 0.15) is 61.3 Å². The monoisotopic (exact) mass is 559 g/mol. The molecule has 1 aliphatic rings. The lowest BCUT2D eigenvalue weighted by atomic mass is 9.71. The molecule has 4 N–H and O–H groups in total. The number of halogens is 3. The second kappa shape index (κ2) is 13.0. The summed E-state index contributed by atoms with van der Waals surface area (Å²) in [5.41, 5.74) is 7.49. The molecule has 2 heterocycles. The number of aliphatic hydroxyl groups excluding tert-OH is 1. The number of hydrogen-bond donors (Lipinski definition) is 3. The predicted molar refractivity (Wildman–Crippen MR) is 145 cm³/mol. The maximum Gasteiger partial charge on any atom is 0.303 e. The van der Waals surface area contributed by atoms with Crippen molar-refractivity contribution >= 4 is 16.9 Å². The summed E-state index contributed by atoms with van der Waals surface area (Å²) in [5, 5.41) is 21.8. The number of carboxylic acid groups (broad SMARTS) is 1. The molecule has 1 saturated heterocycles. The summed E-state index contributed by atoms with van der Waals surface area (Å²) in [4.78, 5) is 18.4. The van der Waals surface area contributed by atoms with E-state index in [-0.39, 0.29) is 24.9 Å². The summed E-state index contributed by atoms with van der Waals surface area (Å²) in [6, 6.07) is 6.84. The van der Waals surface area contributed by atoms with Gasteiger partial charge in [-0.15, -0.1) is 0 Å². The number of fused-ring (bicyclic) bond motifs is 1. The van der Waals surface area contributed by atoms with Gasteiger partial charge in [0.05, 0.1) is 25.2 Å². The number of nitrogens with two attached hydrogens (primary N) is 1. The lowest BCUT2D eigenvalue weighted by Gasteiger charge is -2.41. The van der Waals surface area contributed by atoms with Crippen molar-refractivity contribution in [1.29, 1.82) is 0 Å². The van der Waals surface area contributed by atoms with E-state index in [1.807, 2.05) is 12.1 Å². The molecular weight excluding hydrogens is 523 g/mol. The van der Waals surface area contributed by atoms with Crippen LogP contribution in [-0.4, -0.2) is 52.8 Å². The largest absolute Gasteiger partial charge is 0.497 e. The van der Waals surface area contributed by atoms with E-state index in [1.54, 1.807) is 19.4 Å². The quantitative estimate of drug-likeness (QED) is 0.283. The van der Waals surface area contributed by atoms with Crippen LogP contribution in [0.5, 0.6) is 5.75 Å². The van der Waals surface area contributed by atoms with E-state index in [2.05, 4.69) is 9.88 Å². The number of piperidine rings is 1. The summed E-state index contributed by atoms with van der Waals surface area (Å²) in [6.45, 7) is 2.07. The third-order valence-electron chi connectivity index (χ3n) is 8.15. The zero-order valence-corrected chi connectivity index (χ0v) is 22.6. The summed E-state index contributed by atoms with van der Waals surface area (Å²) in [5.74, 6) is -2.95. The van der Waals surface area contributed by atoms with Gasteiger partial charge in [0.15, 0.2) is 0 Å². The number of pyridine rings is 1. The number of aromatic nitrogens is 1. The predicted octanol–water partition coefficient (Wildman–Crippen LogP) is 5.12. The summed E-state index contributed by atoms with van der Waals surface area (Å²) in [6.07, 6.45) is 3.56. The lowest BCUT2D eigenvalue weighted by molar-refractivity contribution is -0.141. The van der Waals surface area contributed by atoms with E-state index in [1.165, 1.54) is 0 Å². The van der Waals surface area contributed by atoms with Crippen LogP contribution < -0.4 is 10.5 Å². The third kappa shape index (κ3) is 6.92. The number of ether oxygens (including phenoxy) is 1. The van der Waals surface area contributed by atoms with Crippen molar-refractivity contribution in [3.63, 3.8) is 0 Å². The maximum atomic E-state index is 14.0. The Morgan fingerprint density at radius 3 is 2.50 bits per heavy atom. The van der Waals surface area contributed by atoms with Gasteiger partial charge >= 0.3 is 5.97 Å². The van der Waals surface area contributed by atoms with Crippen molar-refractivity contribution in [1.82, 2.24) is 9.88 Å². The number of hydrogen-bond acceptors (Lipinski definition) is 6. The molecule has 0 amide bonds. The second-order valence-electron chi connectivity index (χ2n) is 10.7. The molecular formula is C30H36F3N3O4. The average Bonchev–Trinajstić information content (AvgIpc) is 2.92. The third-order valence-corrected chi connectivity index (χ3v) is 8.15. The van der Waals surface area contributed by atoms with Crippen molar-refractivity contribution in [2.75, 3.05) is 26.7 Å². The van der Waals surface area contributed by atoms with Crippen LogP contribution in [0.2, 0.25) is 0 Å². The first-order valence-electron chi connectivity index (χ1n) is 13.6. The number of nitrogens with zero attached hydrogens (tertiary/aromatic N) is 2. The van der Waals surface area contributed by atoms with Gasteiger partial charge in [0.2, 0.25) is 0 Å². The molecule has 1 fully saturated rings. The van der Waals surface area contributed by atoms with Crippen LogP contribution in [0.4, 0.5) is 13.2 Å². The fraction of sp³-hybridized carbons (Fsp3) is 0.467. The summed E-state index contributed by atoms with van der Waals surface area (Å²) in [7, 11) is 1.57. The van der Waals surface area contributed by atoms with Crippen LogP contribution in [0.3, 0.4) is 0 Å². The van der Waals surface area contributed by atoms with E-state index in [9.17, 15) is 28.2 Å². The Morgan fingerprint density at radius 2 is 1.88 bits per heavy atom. The van der Waals surface area contributed by atoms with Crippen LogP contribution in [0, 0.1) is 22.9 Å². The highest BCUT2D eigenvalue weighted by Crippen LogP contribution is 2.42. The lowest BCUT2D eigenvalue weighted by Crippen LogP contribution is -2.41. The number of benzene rings is 2. The Labute approximate surface area is 231 Å². The van der Waals surface area contributed by atoms with Gasteiger partial charge in [-0.25, -0.2) is 13.2 Å². The molecule has 1 aromatic heterocycles. The smallest absolute Gasteiger partial charge is 0.303 e. The van der Waals surface area contributed by atoms with Crippen molar-refractivity contribution < 1.29 is 32.9 Å². The molecule has 2 aromatic carbocycles. The molecule has 1 atom stereocenters. The van der Waals surface area contributed by atoms with Gasteiger partial charge in [-0.1, -0.05) is 0 Å². The number of carbonyl (C=O) groups is 1. The first-order chi connectivity index (χ1) is 19.1. The minimum atomic E-state index is -0.939. The van der Waals surface area contributed by atoms with Crippen LogP contribution in [-0.2, 0) is 17.8 Å². The summed E-state index contributed by atoms with van der Waals surface area (Å²) >= 11 is 0. The van der Waals surface area contributed by atoms with Gasteiger partial charge in [-0.05, 0) is 92.9 Å². The van der Waals surface area contributed by atoms with Crippen LogP contribution in [0.25, 0.3) is 10.9 Å². The Morgan fingerprint density at radius 1 is 1.18 bits per heavy atom. The van der Waals surface area contributed by atoms with Crippen molar-refractivity contribution in [3.8, 4) is 5.75 Å². The number of carboxylic acids is 1. The SMILES string of the molecule is COc1ccc2ncc(CN)c([C@@H](O)CCC3(CC(=O)O)CCN(CCCc4c(F)cc(F)cc4F)CC3)c2c1. The average molecular weight is 560 g/mol. The number of likely N-dealkylation sites (tertiary alicyclic amines) is 1. The molecule has 3 aromatic rings. The molecule has 4 rings (SSSR count). The van der Waals surface area contributed by atoms with E-state index in [0.29, 0.717) is 80.7 Å². The highest BCUT2D eigenvalue weighted by atomic mass is 19.1. The Balaban J connectivity index is 1.41. The van der Waals surface area contributed by atoms with Crippen molar-refractivity contribution in [2.45, 2.75) is 57.6 Å². The normalized spacial score (nSPS) is 16.2. The van der Waals surface area contributed by atoms with Gasteiger partial charge in [0, 0.05) is 35.8 Å². The maximum absolute atomic E-state index is 14.0. The molecule has 0 saturated carbocycles. The molecule has 7 nitrogen and oxygen atoms in total. The highest BCUT2D eigenvalue weighted by Gasteiger charge is 2.37. The molecule has 0 radical (unpaired) electrons. The minimum Gasteiger partial charge on any atom is -0.497 e. The first kappa shape index (κ1) is 29.8. The summed E-state index contributed by atoms with van der Waals surface area (Å²) < 4.78 is 46.5. The van der Waals surface area contributed by atoms with E-state index in [4.69, 9.17) is 10.5 Å². The second-order valence-corrected chi connectivity index (χ2v) is 10.7. The van der Waals surface area contributed by atoms with Gasteiger partial charge in [0.25, 0.3) is 0 Å². The fourth-order valence-corrected chi connectivity index (χ4v) is 5.88. The first-order valence-corrected chi connectivity index (χ1v) is 13.6. The van der Waals surface area contributed by atoms with E-state index >= 15 is 0 Å². The number of methoxy groups -OCH3 is 1. The zero-order chi connectivity index (χ0) is 28.9. The van der Waals surface area contributed by atoms with Gasteiger partial charge in [0.1, 0.15) is 23.2 Å². The fourth-order valence-electron chi connectivity index (χ4n) is 5.88. The topological polar surface area (TPSA) is 109 Å². The molecule has 0 aliphatic carbocycles. The Kier molecular flexibility index (Phi) is 9.65. The van der Waals surface area contributed by atoms with Gasteiger partial charge in [-0.2, -0.15) is 0 Å². The van der Waals surface area contributed by atoms with Crippen molar-refractivity contribution in [2.24, 2.45) is 11.1 Å². The molecule has 0 bridgehead atoms. The molecule has 216 valence electrons. The van der Waals surface area contributed by atoms with Crippen LogP contribution in [0.15, 0.2) is 36.5 Å². The van der Waals surface area contributed by atoms with Gasteiger partial charge < -0.3 is 25.6 Å². The number of aliphatic hydroxyl groups is 1. The molecule has 0 unspecified atom stereocenters. The van der Waals surface area contributed by atoms with Crippen LogP contribution >= 0.6 is 0 Å². The minimum absolute atomic E-state index is 0.00573. The zero-order valence-electron chi connectivity index (χ0n) is 22.6. The molecule has 1 aliphatic heterocycles. The van der Waals surface area contributed by atoms with Crippen molar-refractivity contribution in [3.05, 3.63) is 70.7 Å². The molecule has 10 heteroatoms. The highest BCUT2D eigenvalue weighted by molar-refractivity contribution is 5.85. The Hall–Kier alpha value is -3.21. The molecule has 40 heavy (non-hydrogen) atoms. The standard InChI is InChI=1S/C30H36F3N3O4/c1-40-21-4-5-26-23(15-21)29(19(17-34)18-35-26)27(37)6-7-30(16-28(38)39)8-11-36(12-9-30)10-2-3-22-24(32)13-20(31)14-25(22)33/h4-5,13-15,18,27,37H,2-3,6-12,16-17,34H2,1H3,(H,38,39)/t27-/m0/s1. The number of aliphatic carboxylic acids is 1. The Bertz CT molecular complexity index is 1320. The van der Waals surface area contributed by atoms with E-state index < -0.39 is 34.9 Å².